The van der Waals surface area contributed by atoms with E-state index in [1.165, 1.54) is 43.5 Å². The molecule has 0 aliphatic heterocycles. The summed E-state index contributed by atoms with van der Waals surface area (Å²) in [6.07, 6.45) is 8.83. The van der Waals surface area contributed by atoms with E-state index in [1.54, 1.807) is 23.1 Å². The quantitative estimate of drug-likeness (QED) is 0.571. The van der Waals surface area contributed by atoms with E-state index >= 15 is 0 Å². The summed E-state index contributed by atoms with van der Waals surface area (Å²) >= 11 is 3.42. The van der Waals surface area contributed by atoms with Gasteiger partial charge in [0, 0.05) is 11.2 Å². The highest BCUT2D eigenvalue weighted by molar-refractivity contribution is 8.01. The van der Waals surface area contributed by atoms with Crippen LogP contribution in [-0.4, -0.2) is 28.5 Å². The second-order valence-electron chi connectivity index (χ2n) is 7.47. The topological polar surface area (TPSA) is 52.1 Å². The Labute approximate surface area is 145 Å². The third-order valence-corrected chi connectivity index (χ3v) is 8.04. The second kappa shape index (κ2) is 6.36. The molecule has 4 nitrogen and oxygen atoms in total. The highest BCUT2D eigenvalue weighted by Crippen LogP contribution is 2.61. The van der Waals surface area contributed by atoms with Gasteiger partial charge in [0.2, 0.25) is 0 Å². The molecule has 4 aliphatic rings. The van der Waals surface area contributed by atoms with Gasteiger partial charge in [-0.3, -0.25) is 4.79 Å². The minimum atomic E-state index is -0.120. The number of rotatable bonds is 6. The molecule has 4 aliphatic carbocycles. The van der Waals surface area contributed by atoms with E-state index in [9.17, 15) is 4.79 Å². The first-order valence-electron chi connectivity index (χ1n) is 8.79. The fraction of sp³-hybridized carbons (Fsp3) is 0.824. The van der Waals surface area contributed by atoms with E-state index in [2.05, 4.69) is 10.2 Å². The predicted octanol–water partition coefficient (Wildman–Crippen LogP) is 4.05. The molecule has 0 atom stereocenters. The molecule has 0 amide bonds. The van der Waals surface area contributed by atoms with E-state index in [-0.39, 0.29) is 5.97 Å². The normalized spacial score (nSPS) is 34.7. The van der Waals surface area contributed by atoms with Gasteiger partial charge in [-0.2, -0.15) is 0 Å². The molecule has 0 saturated heterocycles. The molecule has 0 spiro atoms. The summed E-state index contributed by atoms with van der Waals surface area (Å²) in [4.78, 5) is 11.4. The van der Waals surface area contributed by atoms with E-state index in [4.69, 9.17) is 4.74 Å². The number of thioether (sulfide) groups is 1. The van der Waals surface area contributed by atoms with E-state index < -0.39 is 0 Å². The maximum Gasteiger partial charge on any atom is 0.306 e. The first-order valence-corrected chi connectivity index (χ1v) is 10.6. The average molecular weight is 353 g/mol. The number of aromatic nitrogens is 2. The fourth-order valence-electron chi connectivity index (χ4n) is 5.31. The van der Waals surface area contributed by atoms with Crippen molar-refractivity contribution in [2.45, 2.75) is 61.6 Å². The van der Waals surface area contributed by atoms with E-state index in [0.29, 0.717) is 18.4 Å². The molecule has 0 aromatic carbocycles. The monoisotopic (exact) mass is 352 g/mol. The van der Waals surface area contributed by atoms with E-state index in [1.807, 2.05) is 6.92 Å². The van der Waals surface area contributed by atoms with Gasteiger partial charge in [0.1, 0.15) is 5.01 Å². The molecule has 1 aromatic heterocycles. The van der Waals surface area contributed by atoms with Gasteiger partial charge < -0.3 is 4.74 Å². The van der Waals surface area contributed by atoms with Gasteiger partial charge in [-0.15, -0.1) is 10.2 Å². The molecule has 0 radical (unpaired) electrons. The van der Waals surface area contributed by atoms with Gasteiger partial charge in [0.05, 0.1) is 13.0 Å². The SMILES string of the molecule is CCOC(=O)CCSc1nnc(C23CC4CC(CC(C4)C2)C3)s1. The third kappa shape index (κ3) is 3.16. The van der Waals surface area contributed by atoms with Crippen molar-refractivity contribution in [3.05, 3.63) is 5.01 Å². The van der Waals surface area contributed by atoms with Crippen LogP contribution in [-0.2, 0) is 14.9 Å². The molecule has 126 valence electrons. The van der Waals surface area contributed by atoms with Crippen molar-refractivity contribution in [1.29, 1.82) is 0 Å². The minimum Gasteiger partial charge on any atom is -0.466 e. The van der Waals surface area contributed by atoms with Gasteiger partial charge in [-0.1, -0.05) is 23.1 Å². The van der Waals surface area contributed by atoms with Gasteiger partial charge in [0.15, 0.2) is 4.34 Å². The Hall–Kier alpha value is -0.620. The molecule has 5 rings (SSSR count). The summed E-state index contributed by atoms with van der Waals surface area (Å²) < 4.78 is 5.98. The second-order valence-corrected chi connectivity index (χ2v) is 9.79. The summed E-state index contributed by atoms with van der Waals surface area (Å²) in [6.45, 7) is 2.30. The number of esters is 1. The Morgan fingerprint density at radius 1 is 1.22 bits per heavy atom. The molecule has 6 heteroatoms. The average Bonchev–Trinajstić information content (AvgIpc) is 2.96. The lowest BCUT2D eigenvalue weighted by Crippen LogP contribution is -2.48. The first-order chi connectivity index (χ1) is 11.2. The molecule has 0 unspecified atom stereocenters. The minimum absolute atomic E-state index is 0.120. The first kappa shape index (κ1) is 15.9. The van der Waals surface area contributed by atoms with Crippen molar-refractivity contribution in [2.75, 3.05) is 12.4 Å². The van der Waals surface area contributed by atoms with Crippen LogP contribution in [0.15, 0.2) is 4.34 Å². The number of hydrogen-bond donors (Lipinski definition) is 0. The summed E-state index contributed by atoms with van der Waals surface area (Å²) in [5, 5.41) is 10.2. The maximum absolute atomic E-state index is 11.4. The standard InChI is InChI=1S/C17H24N2O2S2/c1-2-21-14(20)3-4-22-16-19-18-15(23-16)17-8-11-5-12(9-17)7-13(6-11)10-17/h11-13H,2-10H2,1H3. The van der Waals surface area contributed by atoms with Crippen LogP contribution < -0.4 is 0 Å². The molecule has 4 bridgehead atoms. The number of ether oxygens (including phenoxy) is 1. The molecular weight excluding hydrogens is 328 g/mol. The number of nitrogens with zero attached hydrogens (tertiary/aromatic N) is 2. The maximum atomic E-state index is 11.4. The Kier molecular flexibility index (Phi) is 4.39. The molecule has 4 fully saturated rings. The lowest BCUT2D eigenvalue weighted by atomic mass is 9.50. The smallest absolute Gasteiger partial charge is 0.306 e. The zero-order valence-corrected chi connectivity index (χ0v) is 15.3. The molecular formula is C17H24N2O2S2. The van der Waals surface area contributed by atoms with Crippen LogP contribution in [0.5, 0.6) is 0 Å². The van der Waals surface area contributed by atoms with Gasteiger partial charge in [0.25, 0.3) is 0 Å². The van der Waals surface area contributed by atoms with Crippen molar-refractivity contribution >= 4 is 29.1 Å². The van der Waals surface area contributed by atoms with Crippen LogP contribution in [0.3, 0.4) is 0 Å². The number of carbonyl (C=O) groups is 1. The zero-order valence-electron chi connectivity index (χ0n) is 13.6. The van der Waals surface area contributed by atoms with Crippen molar-refractivity contribution in [2.24, 2.45) is 17.8 Å². The van der Waals surface area contributed by atoms with Crippen molar-refractivity contribution in [3.8, 4) is 0 Å². The third-order valence-electron chi connectivity index (χ3n) is 5.74. The van der Waals surface area contributed by atoms with Crippen LogP contribution >= 0.6 is 23.1 Å². The van der Waals surface area contributed by atoms with Gasteiger partial charge in [-0.05, 0) is 63.2 Å². The molecule has 23 heavy (non-hydrogen) atoms. The summed E-state index contributed by atoms with van der Waals surface area (Å²) in [5.74, 6) is 3.42. The van der Waals surface area contributed by atoms with Crippen molar-refractivity contribution in [1.82, 2.24) is 10.2 Å². The Morgan fingerprint density at radius 2 is 1.87 bits per heavy atom. The fourth-order valence-corrected chi connectivity index (χ4v) is 7.37. The summed E-state index contributed by atoms with van der Waals surface area (Å²) in [7, 11) is 0. The molecule has 1 heterocycles. The van der Waals surface area contributed by atoms with E-state index in [0.717, 1.165) is 27.8 Å². The largest absolute Gasteiger partial charge is 0.466 e. The van der Waals surface area contributed by atoms with Crippen molar-refractivity contribution < 1.29 is 9.53 Å². The van der Waals surface area contributed by atoms with Crippen LogP contribution in [0.2, 0.25) is 0 Å². The van der Waals surface area contributed by atoms with Gasteiger partial charge >= 0.3 is 5.97 Å². The predicted molar refractivity (Wildman–Crippen MR) is 91.7 cm³/mol. The Bertz CT molecular complexity index is 552. The van der Waals surface area contributed by atoms with Crippen LogP contribution in [0.25, 0.3) is 0 Å². The number of carbonyl (C=O) groups excluding carboxylic acids is 1. The lowest BCUT2D eigenvalue weighted by Gasteiger charge is -2.55. The van der Waals surface area contributed by atoms with Gasteiger partial charge in [-0.25, -0.2) is 0 Å². The van der Waals surface area contributed by atoms with Crippen LogP contribution in [0, 0.1) is 17.8 Å². The summed E-state index contributed by atoms with van der Waals surface area (Å²) in [6, 6.07) is 0. The lowest BCUT2D eigenvalue weighted by molar-refractivity contribution is -0.142. The highest BCUT2D eigenvalue weighted by atomic mass is 32.2. The van der Waals surface area contributed by atoms with Crippen molar-refractivity contribution in [3.63, 3.8) is 0 Å². The highest BCUT2D eigenvalue weighted by Gasteiger charge is 2.53. The van der Waals surface area contributed by atoms with Crippen LogP contribution in [0.1, 0.15) is 56.9 Å². The number of hydrogen-bond acceptors (Lipinski definition) is 6. The summed E-state index contributed by atoms with van der Waals surface area (Å²) in [5.41, 5.74) is 0.340. The zero-order chi connectivity index (χ0) is 15.9. The molecule has 1 aromatic rings. The molecule has 4 saturated carbocycles. The Morgan fingerprint density at radius 3 is 2.48 bits per heavy atom. The van der Waals surface area contributed by atoms with Crippen LogP contribution in [0.4, 0.5) is 0 Å². The molecule has 0 N–H and O–H groups in total. The Balaban J connectivity index is 1.39.